The van der Waals surface area contributed by atoms with Gasteiger partial charge in [0, 0.05) is 43.3 Å². The van der Waals surface area contributed by atoms with E-state index in [1.807, 2.05) is 6.07 Å². The molecule has 3 fully saturated rings. The number of hydrogen-bond donors (Lipinski definition) is 0. The highest BCUT2D eigenvalue weighted by atomic mass is 32.2. The van der Waals surface area contributed by atoms with E-state index in [9.17, 15) is 0 Å². The summed E-state index contributed by atoms with van der Waals surface area (Å²) in [5.74, 6) is 2.27. The number of hydrogen-bond acceptors (Lipinski definition) is 5. The molecule has 1 aromatic rings. The third kappa shape index (κ3) is 4.75. The molecule has 2 saturated heterocycles. The quantitative estimate of drug-likeness (QED) is 0.656. The third-order valence-electron chi connectivity index (χ3n) is 6.58. The van der Waals surface area contributed by atoms with Gasteiger partial charge in [0.1, 0.15) is 5.75 Å². The molecule has 1 aliphatic carbocycles. The number of piperazine rings is 1. The number of nitrogens with zero attached hydrogens (tertiary/aromatic N) is 3. The van der Waals surface area contributed by atoms with E-state index < -0.39 is 0 Å². The van der Waals surface area contributed by atoms with E-state index in [0.717, 1.165) is 18.8 Å². The van der Waals surface area contributed by atoms with Crippen molar-refractivity contribution in [3.05, 3.63) is 24.3 Å². The lowest BCUT2D eigenvalue weighted by atomic mass is 10.1. The Balaban J connectivity index is 1.13. The lowest BCUT2D eigenvalue weighted by Gasteiger charge is -2.36. The molecule has 0 N–H and O–H groups in total. The van der Waals surface area contributed by atoms with Crippen molar-refractivity contribution in [1.29, 1.82) is 0 Å². The average Bonchev–Trinajstić information content (AvgIpc) is 3.35. The number of rotatable bonds is 7. The molecule has 1 aromatic carbocycles. The Hall–Kier alpha value is -0.910. The Labute approximate surface area is 169 Å². The molecule has 0 aromatic heterocycles. The van der Waals surface area contributed by atoms with Gasteiger partial charge >= 0.3 is 0 Å². The van der Waals surface area contributed by atoms with Crippen molar-refractivity contribution in [3.8, 4) is 5.75 Å². The van der Waals surface area contributed by atoms with Gasteiger partial charge in [0.15, 0.2) is 0 Å². The molecule has 1 saturated carbocycles. The monoisotopic (exact) mass is 389 g/mol. The highest BCUT2D eigenvalue weighted by Gasteiger charge is 2.40. The summed E-state index contributed by atoms with van der Waals surface area (Å²) in [6.07, 6.45) is 8.53. The zero-order valence-corrected chi connectivity index (χ0v) is 17.7. The summed E-state index contributed by atoms with van der Waals surface area (Å²) >= 11 is 2.25. The second kappa shape index (κ2) is 9.06. The minimum absolute atomic E-state index is 0.648. The fourth-order valence-electron chi connectivity index (χ4n) is 4.97. The summed E-state index contributed by atoms with van der Waals surface area (Å²) in [4.78, 5) is 7.83. The van der Waals surface area contributed by atoms with Crippen LogP contribution in [0.25, 0.3) is 0 Å². The number of benzene rings is 1. The smallest absolute Gasteiger partial charge is 0.142 e. The second-order valence-electron chi connectivity index (χ2n) is 8.42. The van der Waals surface area contributed by atoms with Gasteiger partial charge in [-0.15, -0.1) is 11.8 Å². The van der Waals surface area contributed by atoms with Crippen molar-refractivity contribution >= 4 is 17.4 Å². The van der Waals surface area contributed by atoms with Gasteiger partial charge < -0.3 is 9.64 Å². The van der Waals surface area contributed by atoms with E-state index in [-0.39, 0.29) is 0 Å². The minimum atomic E-state index is 0.648. The van der Waals surface area contributed by atoms with E-state index >= 15 is 0 Å². The normalized spacial score (nSPS) is 23.4. The molecule has 2 heterocycles. The van der Waals surface area contributed by atoms with Crippen LogP contribution in [0.3, 0.4) is 0 Å². The zero-order valence-electron chi connectivity index (χ0n) is 16.9. The van der Waals surface area contributed by atoms with Crippen LogP contribution < -0.4 is 9.64 Å². The van der Waals surface area contributed by atoms with Crippen molar-refractivity contribution in [2.45, 2.75) is 43.3 Å². The molecule has 0 amide bonds. The predicted octanol–water partition coefficient (Wildman–Crippen LogP) is 3.92. The molecule has 1 spiro atoms. The molecular formula is C22H35N3OS. The van der Waals surface area contributed by atoms with Crippen molar-refractivity contribution in [2.75, 3.05) is 63.7 Å². The number of thioether (sulfide) groups is 1. The van der Waals surface area contributed by atoms with Crippen molar-refractivity contribution in [3.63, 3.8) is 0 Å². The maximum atomic E-state index is 5.53. The molecule has 0 bridgehead atoms. The number of para-hydroxylation sites is 2. The van der Waals surface area contributed by atoms with Crippen LogP contribution in [0.2, 0.25) is 0 Å². The Morgan fingerprint density at radius 3 is 2.41 bits per heavy atom. The Morgan fingerprint density at radius 2 is 1.67 bits per heavy atom. The minimum Gasteiger partial charge on any atom is -0.495 e. The molecule has 4 rings (SSSR count). The molecule has 4 nitrogen and oxygen atoms in total. The van der Waals surface area contributed by atoms with Crippen molar-refractivity contribution in [1.82, 2.24) is 9.80 Å². The summed E-state index contributed by atoms with van der Waals surface area (Å²) < 4.78 is 6.17. The van der Waals surface area contributed by atoms with Crippen LogP contribution in [0.15, 0.2) is 24.3 Å². The van der Waals surface area contributed by atoms with Crippen molar-refractivity contribution in [2.24, 2.45) is 0 Å². The molecule has 2 aliphatic heterocycles. The van der Waals surface area contributed by atoms with Crippen LogP contribution >= 0.6 is 11.8 Å². The van der Waals surface area contributed by atoms with E-state index in [1.54, 1.807) is 7.11 Å². The summed E-state index contributed by atoms with van der Waals surface area (Å²) in [5, 5.41) is 0. The maximum Gasteiger partial charge on any atom is 0.142 e. The standard InChI is InChI=1S/C22H35N3OS/c1-26-21-9-3-2-8-20(21)25-16-14-23(15-17-25)12-6-7-13-24-18-22(27-19-24)10-4-5-11-22/h2-3,8-9H,4-7,10-19H2,1H3. The molecular weight excluding hydrogens is 354 g/mol. The van der Waals surface area contributed by atoms with Crippen LogP contribution in [0.4, 0.5) is 5.69 Å². The van der Waals surface area contributed by atoms with Crippen LogP contribution in [-0.4, -0.2) is 73.3 Å². The van der Waals surface area contributed by atoms with E-state index in [0.29, 0.717) is 4.75 Å². The molecule has 5 heteroatoms. The van der Waals surface area contributed by atoms with Crippen molar-refractivity contribution < 1.29 is 4.74 Å². The van der Waals surface area contributed by atoms with Crippen LogP contribution in [0.5, 0.6) is 5.75 Å². The van der Waals surface area contributed by atoms with Gasteiger partial charge in [0.05, 0.1) is 12.8 Å². The summed E-state index contributed by atoms with van der Waals surface area (Å²) in [7, 11) is 1.77. The SMILES string of the molecule is COc1ccccc1N1CCN(CCCCN2CSC3(CCCC3)C2)CC1. The highest BCUT2D eigenvalue weighted by molar-refractivity contribution is 8.00. The molecule has 0 radical (unpaired) electrons. The van der Waals surface area contributed by atoms with Gasteiger partial charge in [0.2, 0.25) is 0 Å². The molecule has 0 atom stereocenters. The predicted molar refractivity (Wildman–Crippen MR) is 116 cm³/mol. The molecule has 3 aliphatic rings. The Kier molecular flexibility index (Phi) is 6.51. The lowest BCUT2D eigenvalue weighted by molar-refractivity contribution is 0.241. The maximum absolute atomic E-state index is 5.53. The first-order valence-corrected chi connectivity index (χ1v) is 11.7. The number of anilines is 1. The van der Waals surface area contributed by atoms with Gasteiger partial charge in [-0.05, 0) is 50.9 Å². The Morgan fingerprint density at radius 1 is 0.963 bits per heavy atom. The van der Waals surface area contributed by atoms with Crippen LogP contribution in [0, 0.1) is 0 Å². The molecule has 27 heavy (non-hydrogen) atoms. The topological polar surface area (TPSA) is 19.0 Å². The second-order valence-corrected chi connectivity index (χ2v) is 9.84. The summed E-state index contributed by atoms with van der Waals surface area (Å²) in [5.41, 5.74) is 1.24. The van der Waals surface area contributed by atoms with Gasteiger partial charge in [0.25, 0.3) is 0 Å². The first-order valence-electron chi connectivity index (χ1n) is 10.7. The van der Waals surface area contributed by atoms with Gasteiger partial charge in [-0.25, -0.2) is 0 Å². The highest BCUT2D eigenvalue weighted by Crippen LogP contribution is 2.46. The zero-order chi connectivity index (χ0) is 18.5. The van der Waals surface area contributed by atoms with Gasteiger partial charge in [-0.3, -0.25) is 9.80 Å². The van der Waals surface area contributed by atoms with Crippen LogP contribution in [0.1, 0.15) is 38.5 Å². The Bertz CT molecular complexity index is 597. The first-order chi connectivity index (χ1) is 13.3. The third-order valence-corrected chi connectivity index (χ3v) is 8.22. The number of ether oxygens (including phenoxy) is 1. The summed E-state index contributed by atoms with van der Waals surface area (Å²) in [6, 6.07) is 8.40. The molecule has 0 unspecified atom stereocenters. The largest absolute Gasteiger partial charge is 0.495 e. The van der Waals surface area contributed by atoms with Gasteiger partial charge in [-0.2, -0.15) is 0 Å². The molecule has 150 valence electrons. The van der Waals surface area contributed by atoms with E-state index in [4.69, 9.17) is 4.74 Å². The fourth-order valence-corrected chi connectivity index (χ4v) is 6.49. The van der Waals surface area contributed by atoms with E-state index in [2.05, 4.69) is 44.7 Å². The number of unbranched alkanes of at least 4 members (excludes halogenated alkanes) is 1. The van der Waals surface area contributed by atoms with E-state index in [1.165, 1.54) is 82.8 Å². The average molecular weight is 390 g/mol. The fraction of sp³-hybridized carbons (Fsp3) is 0.727. The van der Waals surface area contributed by atoms with Gasteiger partial charge in [-0.1, -0.05) is 25.0 Å². The number of methoxy groups -OCH3 is 1. The first kappa shape index (κ1) is 19.4. The van der Waals surface area contributed by atoms with Crippen LogP contribution in [-0.2, 0) is 0 Å². The lowest BCUT2D eigenvalue weighted by Crippen LogP contribution is -2.46. The summed E-state index contributed by atoms with van der Waals surface area (Å²) in [6.45, 7) is 8.45.